The molecule has 1 N–H and O–H groups in total. The molecule has 128 valence electrons. The lowest BCUT2D eigenvalue weighted by molar-refractivity contribution is -0.125. The molecule has 1 aromatic carbocycles. The number of hydrogen-bond acceptors (Lipinski definition) is 4. The summed E-state index contributed by atoms with van der Waals surface area (Å²) in [5.74, 6) is -0.168. The number of hydrogen-bond donors (Lipinski definition) is 1. The molecule has 1 aliphatic rings. The van der Waals surface area contributed by atoms with Crippen LogP contribution in [-0.4, -0.2) is 34.9 Å². The SMILES string of the molecule is Cc1nc(CCNC(=O)C2CCCN2Cc2ccccc2F)cs1. The van der Waals surface area contributed by atoms with Gasteiger partial charge in [0.1, 0.15) is 5.82 Å². The first-order chi connectivity index (χ1) is 11.6. The van der Waals surface area contributed by atoms with Crippen LogP contribution < -0.4 is 5.32 Å². The summed E-state index contributed by atoms with van der Waals surface area (Å²) in [5, 5.41) is 6.08. The van der Waals surface area contributed by atoms with Crippen LogP contribution in [0.25, 0.3) is 0 Å². The quantitative estimate of drug-likeness (QED) is 0.874. The molecule has 1 aliphatic heterocycles. The molecular formula is C18H22FN3OS. The van der Waals surface area contributed by atoms with Gasteiger partial charge in [0.25, 0.3) is 0 Å². The van der Waals surface area contributed by atoms with E-state index in [1.54, 1.807) is 23.5 Å². The number of aryl methyl sites for hydroxylation is 1. The minimum atomic E-state index is -0.206. The zero-order valence-corrected chi connectivity index (χ0v) is 14.6. The molecule has 1 unspecified atom stereocenters. The maximum atomic E-state index is 13.8. The summed E-state index contributed by atoms with van der Waals surface area (Å²) in [4.78, 5) is 18.9. The number of thiazole rings is 1. The van der Waals surface area contributed by atoms with E-state index in [0.29, 0.717) is 18.7 Å². The first-order valence-corrected chi connectivity index (χ1v) is 9.17. The first-order valence-electron chi connectivity index (χ1n) is 8.29. The minimum absolute atomic E-state index is 0.0378. The van der Waals surface area contributed by atoms with Crippen molar-refractivity contribution in [2.45, 2.75) is 38.8 Å². The van der Waals surface area contributed by atoms with Gasteiger partial charge in [-0.3, -0.25) is 9.69 Å². The van der Waals surface area contributed by atoms with E-state index in [9.17, 15) is 9.18 Å². The Labute approximate surface area is 145 Å². The number of halogens is 1. The zero-order valence-electron chi connectivity index (χ0n) is 13.8. The predicted molar refractivity (Wildman–Crippen MR) is 93.4 cm³/mol. The minimum Gasteiger partial charge on any atom is -0.354 e. The Hall–Kier alpha value is -1.79. The standard InChI is InChI=1S/C18H22FN3OS/c1-13-21-15(12-24-13)8-9-20-18(23)17-7-4-10-22(17)11-14-5-2-3-6-16(14)19/h2-3,5-6,12,17H,4,7-11H2,1H3,(H,20,23). The molecule has 2 heterocycles. The van der Waals surface area contributed by atoms with Crippen LogP contribution in [0.4, 0.5) is 4.39 Å². The van der Waals surface area contributed by atoms with Crippen LogP contribution in [0.2, 0.25) is 0 Å². The van der Waals surface area contributed by atoms with Gasteiger partial charge < -0.3 is 5.32 Å². The van der Waals surface area contributed by atoms with Gasteiger partial charge in [-0.25, -0.2) is 9.37 Å². The summed E-state index contributed by atoms with van der Waals surface area (Å²) in [7, 11) is 0. The van der Waals surface area contributed by atoms with Crippen LogP contribution in [-0.2, 0) is 17.8 Å². The molecule has 1 fully saturated rings. The van der Waals surface area contributed by atoms with Crippen molar-refractivity contribution in [3.63, 3.8) is 0 Å². The van der Waals surface area contributed by atoms with E-state index in [2.05, 4.69) is 15.2 Å². The maximum absolute atomic E-state index is 13.8. The maximum Gasteiger partial charge on any atom is 0.237 e. The van der Waals surface area contributed by atoms with Crippen LogP contribution in [0.3, 0.4) is 0 Å². The third-order valence-corrected chi connectivity index (χ3v) is 5.17. The van der Waals surface area contributed by atoms with Crippen LogP contribution >= 0.6 is 11.3 Å². The van der Waals surface area contributed by atoms with E-state index in [1.165, 1.54) is 6.07 Å². The zero-order chi connectivity index (χ0) is 16.9. The van der Waals surface area contributed by atoms with E-state index < -0.39 is 0 Å². The van der Waals surface area contributed by atoms with E-state index in [1.807, 2.05) is 18.4 Å². The number of carbonyl (C=O) groups excluding carboxylic acids is 1. The fourth-order valence-electron chi connectivity index (χ4n) is 3.11. The fraction of sp³-hybridized carbons (Fsp3) is 0.444. The number of benzene rings is 1. The molecule has 0 radical (unpaired) electrons. The van der Waals surface area contributed by atoms with Gasteiger partial charge in [-0.1, -0.05) is 18.2 Å². The number of likely N-dealkylation sites (tertiary alicyclic amines) is 1. The van der Waals surface area contributed by atoms with Crippen LogP contribution in [0.1, 0.15) is 29.1 Å². The van der Waals surface area contributed by atoms with Crippen molar-refractivity contribution in [3.8, 4) is 0 Å². The third kappa shape index (κ3) is 4.19. The lowest BCUT2D eigenvalue weighted by atomic mass is 10.1. The predicted octanol–water partition coefficient (Wildman–Crippen LogP) is 2.91. The molecule has 1 saturated heterocycles. The van der Waals surface area contributed by atoms with Gasteiger partial charge in [-0.15, -0.1) is 11.3 Å². The molecule has 3 rings (SSSR count). The Morgan fingerprint density at radius 1 is 1.46 bits per heavy atom. The normalized spacial score (nSPS) is 18.0. The van der Waals surface area contributed by atoms with Crippen LogP contribution in [0, 0.1) is 12.7 Å². The highest BCUT2D eigenvalue weighted by Gasteiger charge is 2.30. The second kappa shape index (κ2) is 7.85. The van der Waals surface area contributed by atoms with Gasteiger partial charge in [-0.05, 0) is 32.4 Å². The number of rotatable bonds is 6. The highest BCUT2D eigenvalue weighted by molar-refractivity contribution is 7.09. The van der Waals surface area contributed by atoms with Gasteiger partial charge in [-0.2, -0.15) is 0 Å². The highest BCUT2D eigenvalue weighted by Crippen LogP contribution is 2.21. The molecule has 0 bridgehead atoms. The third-order valence-electron chi connectivity index (χ3n) is 4.34. The summed E-state index contributed by atoms with van der Waals surface area (Å²) >= 11 is 1.62. The highest BCUT2D eigenvalue weighted by atomic mass is 32.1. The van der Waals surface area contributed by atoms with Gasteiger partial charge in [0.05, 0.1) is 16.7 Å². The number of amides is 1. The Morgan fingerprint density at radius 2 is 2.29 bits per heavy atom. The van der Waals surface area contributed by atoms with Crippen LogP contribution in [0.5, 0.6) is 0 Å². The van der Waals surface area contributed by atoms with Gasteiger partial charge >= 0.3 is 0 Å². The molecule has 6 heteroatoms. The number of nitrogens with one attached hydrogen (secondary N) is 1. The molecule has 24 heavy (non-hydrogen) atoms. The molecule has 1 amide bonds. The van der Waals surface area contributed by atoms with Crippen molar-refractivity contribution in [2.24, 2.45) is 0 Å². The molecule has 0 saturated carbocycles. The van der Waals surface area contributed by atoms with Crippen molar-refractivity contribution in [2.75, 3.05) is 13.1 Å². The lowest BCUT2D eigenvalue weighted by Crippen LogP contribution is -2.43. The summed E-state index contributed by atoms with van der Waals surface area (Å²) < 4.78 is 13.8. The fourth-order valence-corrected chi connectivity index (χ4v) is 3.76. The van der Waals surface area contributed by atoms with Crippen molar-refractivity contribution in [1.82, 2.24) is 15.2 Å². The van der Waals surface area contributed by atoms with Gasteiger partial charge in [0, 0.05) is 30.5 Å². The summed E-state index contributed by atoms with van der Waals surface area (Å²) in [6, 6.07) is 6.61. The van der Waals surface area contributed by atoms with Crippen molar-refractivity contribution >= 4 is 17.2 Å². The average Bonchev–Trinajstić information content (AvgIpc) is 3.18. The summed E-state index contributed by atoms with van der Waals surface area (Å²) in [6.07, 6.45) is 2.55. The average molecular weight is 347 g/mol. The monoisotopic (exact) mass is 347 g/mol. The van der Waals surface area contributed by atoms with Crippen LogP contribution in [0.15, 0.2) is 29.6 Å². The molecule has 1 atom stereocenters. The van der Waals surface area contributed by atoms with E-state index >= 15 is 0 Å². The van der Waals surface area contributed by atoms with E-state index in [-0.39, 0.29) is 17.8 Å². The number of nitrogens with zero attached hydrogens (tertiary/aromatic N) is 2. The second-order valence-corrected chi connectivity index (χ2v) is 7.18. The van der Waals surface area contributed by atoms with E-state index in [4.69, 9.17) is 0 Å². The summed E-state index contributed by atoms with van der Waals surface area (Å²) in [6.45, 7) is 3.88. The largest absolute Gasteiger partial charge is 0.354 e. The molecule has 0 spiro atoms. The topological polar surface area (TPSA) is 45.2 Å². The van der Waals surface area contributed by atoms with Crippen molar-refractivity contribution < 1.29 is 9.18 Å². The molecular weight excluding hydrogens is 325 g/mol. The Morgan fingerprint density at radius 3 is 3.04 bits per heavy atom. The summed E-state index contributed by atoms with van der Waals surface area (Å²) in [5.41, 5.74) is 1.67. The van der Waals surface area contributed by atoms with Gasteiger partial charge in [0.2, 0.25) is 5.91 Å². The van der Waals surface area contributed by atoms with Crippen molar-refractivity contribution in [1.29, 1.82) is 0 Å². The van der Waals surface area contributed by atoms with Crippen molar-refractivity contribution in [3.05, 3.63) is 51.7 Å². The number of carbonyl (C=O) groups is 1. The Bertz CT molecular complexity index is 703. The molecule has 0 aliphatic carbocycles. The van der Waals surface area contributed by atoms with E-state index in [0.717, 1.165) is 36.5 Å². The Balaban J connectivity index is 1.52. The smallest absolute Gasteiger partial charge is 0.237 e. The van der Waals surface area contributed by atoms with Gasteiger partial charge in [0.15, 0.2) is 0 Å². The second-order valence-electron chi connectivity index (χ2n) is 6.12. The lowest BCUT2D eigenvalue weighted by Gasteiger charge is -2.23. The Kier molecular flexibility index (Phi) is 5.58. The molecule has 1 aromatic heterocycles. The molecule has 4 nitrogen and oxygen atoms in total. The number of aromatic nitrogens is 1. The first kappa shape index (κ1) is 17.0. The molecule has 2 aromatic rings.